The molecule has 0 saturated heterocycles. The van der Waals surface area contributed by atoms with Crippen molar-refractivity contribution in [3.05, 3.63) is 56.2 Å². The van der Waals surface area contributed by atoms with E-state index in [1.807, 2.05) is 6.07 Å². The second kappa shape index (κ2) is 5.04. The molecular weight excluding hydrogens is 262 g/mol. The van der Waals surface area contributed by atoms with E-state index in [1.165, 1.54) is 22.3 Å². The smallest absolute Gasteiger partial charge is 0.0408 e. The number of halogens is 1. The normalized spacial score (nSPS) is 18.0. The van der Waals surface area contributed by atoms with Crippen LogP contribution in [-0.2, 0) is 19.4 Å². The lowest BCUT2D eigenvalue weighted by Crippen LogP contribution is -2.28. The first-order valence-electron chi connectivity index (χ1n) is 6.25. The van der Waals surface area contributed by atoms with E-state index < -0.39 is 0 Å². The lowest BCUT2D eigenvalue weighted by atomic mass is 10.1. The van der Waals surface area contributed by atoms with E-state index in [2.05, 4.69) is 35.1 Å². The van der Waals surface area contributed by atoms with Gasteiger partial charge in [-0.25, -0.2) is 0 Å². The first kappa shape index (κ1) is 12.2. The van der Waals surface area contributed by atoms with Crippen LogP contribution in [0.15, 0.2) is 29.0 Å². The van der Waals surface area contributed by atoms with Crippen LogP contribution in [0.1, 0.15) is 22.3 Å². The summed E-state index contributed by atoms with van der Waals surface area (Å²) in [6.45, 7) is 3.15. The molecule has 94 valence electrons. The topological polar surface area (TPSA) is 12.0 Å². The molecule has 1 aliphatic rings. The fraction of sp³-hybridized carbons (Fsp3) is 0.333. The Labute approximate surface area is 117 Å². The quantitative estimate of drug-likeness (QED) is 0.895. The summed E-state index contributed by atoms with van der Waals surface area (Å²) in [7, 11) is 0. The van der Waals surface area contributed by atoms with Crippen LogP contribution in [0, 0.1) is 6.92 Å². The summed E-state index contributed by atoms with van der Waals surface area (Å²) in [4.78, 5) is 0. The molecule has 1 nitrogen and oxygen atoms in total. The van der Waals surface area contributed by atoms with Crippen LogP contribution in [0.4, 0.5) is 0 Å². The van der Waals surface area contributed by atoms with Gasteiger partial charge in [-0.2, -0.15) is 11.3 Å². The molecule has 3 rings (SSSR count). The lowest BCUT2D eigenvalue weighted by Gasteiger charge is -2.11. The number of benzene rings is 1. The summed E-state index contributed by atoms with van der Waals surface area (Å²) in [6, 6.07) is 6.81. The molecule has 18 heavy (non-hydrogen) atoms. The second-order valence-electron chi connectivity index (χ2n) is 4.98. The molecule has 1 N–H and O–H groups in total. The average Bonchev–Trinajstić information content (AvgIpc) is 2.92. The standard InChI is InChI=1S/C15H16ClNS/c1-10-8-18-9-13(10)7-17-15-5-11-2-3-14(16)4-12(11)6-15/h2-4,8-9,15,17H,5-7H2,1H3. The van der Waals surface area contributed by atoms with Crippen LogP contribution >= 0.6 is 22.9 Å². The molecule has 3 heteroatoms. The van der Waals surface area contributed by atoms with Gasteiger partial charge in [-0.1, -0.05) is 17.7 Å². The Balaban J connectivity index is 1.63. The predicted octanol–water partition coefficient (Wildman–Crippen LogP) is 3.97. The second-order valence-corrected chi connectivity index (χ2v) is 6.16. The SMILES string of the molecule is Cc1cscc1CNC1Cc2ccc(Cl)cc2C1. The van der Waals surface area contributed by atoms with Gasteiger partial charge < -0.3 is 5.32 Å². The zero-order chi connectivity index (χ0) is 12.5. The highest BCUT2D eigenvalue weighted by molar-refractivity contribution is 7.08. The summed E-state index contributed by atoms with van der Waals surface area (Å²) in [5, 5.41) is 8.95. The van der Waals surface area contributed by atoms with Gasteiger partial charge in [0, 0.05) is 17.6 Å². The van der Waals surface area contributed by atoms with Gasteiger partial charge in [-0.3, -0.25) is 0 Å². The van der Waals surface area contributed by atoms with Gasteiger partial charge in [0.25, 0.3) is 0 Å². The first-order valence-corrected chi connectivity index (χ1v) is 7.57. The maximum Gasteiger partial charge on any atom is 0.0408 e. The molecule has 1 aliphatic carbocycles. The number of fused-ring (bicyclic) bond motifs is 1. The number of thiophene rings is 1. The van der Waals surface area contributed by atoms with Crippen molar-refractivity contribution < 1.29 is 0 Å². The summed E-state index contributed by atoms with van der Waals surface area (Å²) in [6.07, 6.45) is 2.22. The van der Waals surface area contributed by atoms with Crippen molar-refractivity contribution >= 4 is 22.9 Å². The Hall–Kier alpha value is -0.830. The molecule has 1 aromatic heterocycles. The zero-order valence-corrected chi connectivity index (χ0v) is 11.9. The average molecular weight is 278 g/mol. The minimum absolute atomic E-state index is 0.553. The maximum absolute atomic E-state index is 6.03. The molecule has 1 heterocycles. The first-order chi connectivity index (χ1) is 8.72. The number of hydrogen-bond acceptors (Lipinski definition) is 2. The van der Waals surface area contributed by atoms with E-state index >= 15 is 0 Å². The molecule has 0 bridgehead atoms. The third kappa shape index (κ3) is 2.46. The summed E-state index contributed by atoms with van der Waals surface area (Å²) < 4.78 is 0. The van der Waals surface area contributed by atoms with E-state index in [4.69, 9.17) is 11.6 Å². The Morgan fingerprint density at radius 2 is 2.11 bits per heavy atom. The van der Waals surface area contributed by atoms with Crippen LogP contribution in [0.3, 0.4) is 0 Å². The monoisotopic (exact) mass is 277 g/mol. The summed E-state index contributed by atoms with van der Waals surface area (Å²) >= 11 is 7.81. The van der Waals surface area contributed by atoms with Crippen molar-refractivity contribution in [2.75, 3.05) is 0 Å². The predicted molar refractivity (Wildman–Crippen MR) is 78.5 cm³/mol. The van der Waals surface area contributed by atoms with Gasteiger partial charge in [0.2, 0.25) is 0 Å². The van der Waals surface area contributed by atoms with Crippen molar-refractivity contribution in [2.24, 2.45) is 0 Å². The van der Waals surface area contributed by atoms with Gasteiger partial charge >= 0.3 is 0 Å². The van der Waals surface area contributed by atoms with Crippen molar-refractivity contribution in [3.8, 4) is 0 Å². The highest BCUT2D eigenvalue weighted by atomic mass is 35.5. The highest BCUT2D eigenvalue weighted by Gasteiger charge is 2.21. The van der Waals surface area contributed by atoms with Crippen molar-refractivity contribution in [1.29, 1.82) is 0 Å². The Morgan fingerprint density at radius 3 is 2.89 bits per heavy atom. The lowest BCUT2D eigenvalue weighted by molar-refractivity contribution is 0.532. The Kier molecular flexibility index (Phi) is 3.42. The third-order valence-electron chi connectivity index (χ3n) is 3.64. The minimum Gasteiger partial charge on any atom is -0.309 e. The van der Waals surface area contributed by atoms with Crippen LogP contribution < -0.4 is 5.32 Å². The molecule has 0 spiro atoms. The Morgan fingerprint density at radius 1 is 1.28 bits per heavy atom. The molecule has 2 aromatic rings. The molecular formula is C15H16ClNS. The molecule has 1 unspecified atom stereocenters. The Bertz CT molecular complexity index is 561. The molecule has 1 aromatic carbocycles. The van der Waals surface area contributed by atoms with Gasteiger partial charge in [-0.05, 0) is 64.9 Å². The molecule has 0 amide bonds. The van der Waals surface area contributed by atoms with Crippen LogP contribution in [-0.4, -0.2) is 6.04 Å². The van der Waals surface area contributed by atoms with Crippen LogP contribution in [0.5, 0.6) is 0 Å². The number of rotatable bonds is 3. The van der Waals surface area contributed by atoms with E-state index in [-0.39, 0.29) is 0 Å². The molecule has 0 aliphatic heterocycles. The van der Waals surface area contributed by atoms with Gasteiger partial charge in [0.15, 0.2) is 0 Å². The van der Waals surface area contributed by atoms with E-state index in [1.54, 1.807) is 11.3 Å². The van der Waals surface area contributed by atoms with Crippen LogP contribution in [0.25, 0.3) is 0 Å². The van der Waals surface area contributed by atoms with E-state index in [0.717, 1.165) is 24.4 Å². The molecule has 0 saturated carbocycles. The zero-order valence-electron chi connectivity index (χ0n) is 10.4. The molecule has 0 fully saturated rings. The number of hydrogen-bond donors (Lipinski definition) is 1. The maximum atomic E-state index is 6.03. The third-order valence-corrected chi connectivity index (χ3v) is 4.79. The van der Waals surface area contributed by atoms with Gasteiger partial charge in [0.05, 0.1) is 0 Å². The largest absolute Gasteiger partial charge is 0.309 e. The summed E-state index contributed by atoms with van der Waals surface area (Å²) in [5.74, 6) is 0. The van der Waals surface area contributed by atoms with Crippen LogP contribution in [0.2, 0.25) is 5.02 Å². The minimum atomic E-state index is 0.553. The fourth-order valence-electron chi connectivity index (χ4n) is 2.55. The fourth-order valence-corrected chi connectivity index (χ4v) is 3.61. The van der Waals surface area contributed by atoms with Crippen molar-refractivity contribution in [2.45, 2.75) is 32.4 Å². The number of aryl methyl sites for hydroxylation is 1. The van der Waals surface area contributed by atoms with Crippen molar-refractivity contribution in [3.63, 3.8) is 0 Å². The van der Waals surface area contributed by atoms with E-state index in [9.17, 15) is 0 Å². The van der Waals surface area contributed by atoms with E-state index in [0.29, 0.717) is 6.04 Å². The molecule has 1 atom stereocenters. The molecule has 0 radical (unpaired) electrons. The summed E-state index contributed by atoms with van der Waals surface area (Å²) in [5.41, 5.74) is 5.67. The number of nitrogens with one attached hydrogen (secondary N) is 1. The van der Waals surface area contributed by atoms with Gasteiger partial charge in [-0.15, -0.1) is 0 Å². The highest BCUT2D eigenvalue weighted by Crippen LogP contribution is 2.25. The van der Waals surface area contributed by atoms with Gasteiger partial charge in [0.1, 0.15) is 0 Å². The van der Waals surface area contributed by atoms with Crippen molar-refractivity contribution in [1.82, 2.24) is 5.32 Å².